The molecule has 1 aromatic heterocycles. The van der Waals surface area contributed by atoms with Crippen molar-refractivity contribution in [3.8, 4) is 0 Å². The molecule has 0 radical (unpaired) electrons. The minimum Gasteiger partial charge on any atom is -0.261 e. The predicted octanol–water partition coefficient (Wildman–Crippen LogP) is 3.90. The van der Waals surface area contributed by atoms with Crippen LogP contribution in [0.3, 0.4) is 0 Å². The van der Waals surface area contributed by atoms with Gasteiger partial charge < -0.3 is 0 Å². The van der Waals surface area contributed by atoms with Crippen molar-refractivity contribution in [3.05, 3.63) is 71.6 Å². The van der Waals surface area contributed by atoms with Crippen molar-refractivity contribution in [3.63, 3.8) is 0 Å². The second kappa shape index (κ2) is 4.77. The Bertz CT molecular complexity index is 569. The maximum Gasteiger partial charge on any atom is 0.0409 e. The normalized spacial score (nSPS) is 15.1. The largest absolute Gasteiger partial charge is 0.261 e. The minimum absolute atomic E-state index is 0.531. The standard InChI is InChI=1S/C17H17N/c1-13(12-15-7-4-5-11-18-15)16-10-9-14-6-2-3-8-17(14)16/h2-8,10-11,13H,9,12H2,1H3. The third-order valence-electron chi connectivity index (χ3n) is 3.64. The van der Waals surface area contributed by atoms with E-state index in [4.69, 9.17) is 0 Å². The summed E-state index contributed by atoms with van der Waals surface area (Å²) in [6.45, 7) is 2.29. The number of aromatic nitrogens is 1. The number of pyridine rings is 1. The van der Waals surface area contributed by atoms with Crippen molar-refractivity contribution in [1.29, 1.82) is 0 Å². The zero-order valence-corrected chi connectivity index (χ0v) is 10.6. The van der Waals surface area contributed by atoms with E-state index in [-0.39, 0.29) is 0 Å². The molecule has 1 heteroatoms. The second-order valence-corrected chi connectivity index (χ2v) is 4.95. The lowest BCUT2D eigenvalue weighted by molar-refractivity contribution is 0.727. The average molecular weight is 235 g/mol. The highest BCUT2D eigenvalue weighted by Gasteiger charge is 2.18. The molecule has 0 spiro atoms. The molecule has 1 atom stereocenters. The Balaban J connectivity index is 1.81. The molecule has 3 rings (SSSR count). The van der Waals surface area contributed by atoms with Crippen molar-refractivity contribution < 1.29 is 0 Å². The lowest BCUT2D eigenvalue weighted by Gasteiger charge is -2.14. The van der Waals surface area contributed by atoms with Gasteiger partial charge in [0.15, 0.2) is 0 Å². The maximum absolute atomic E-state index is 4.42. The first-order valence-electron chi connectivity index (χ1n) is 6.53. The Morgan fingerprint density at radius 3 is 2.78 bits per heavy atom. The van der Waals surface area contributed by atoms with Crippen LogP contribution in [0.2, 0.25) is 0 Å². The summed E-state index contributed by atoms with van der Waals surface area (Å²) < 4.78 is 0. The molecule has 90 valence electrons. The van der Waals surface area contributed by atoms with E-state index in [2.05, 4.69) is 54.4 Å². The molecule has 2 aromatic rings. The van der Waals surface area contributed by atoms with Crippen LogP contribution >= 0.6 is 0 Å². The summed E-state index contributed by atoms with van der Waals surface area (Å²) in [7, 11) is 0. The van der Waals surface area contributed by atoms with Gasteiger partial charge in [-0.1, -0.05) is 43.3 Å². The molecule has 1 unspecified atom stereocenters. The van der Waals surface area contributed by atoms with Gasteiger partial charge in [0.25, 0.3) is 0 Å². The van der Waals surface area contributed by atoms with Gasteiger partial charge in [-0.05, 0) is 47.6 Å². The van der Waals surface area contributed by atoms with Gasteiger partial charge >= 0.3 is 0 Å². The zero-order valence-electron chi connectivity index (χ0n) is 10.6. The Hall–Kier alpha value is -1.89. The molecule has 0 saturated heterocycles. The van der Waals surface area contributed by atoms with Gasteiger partial charge in [-0.15, -0.1) is 0 Å². The van der Waals surface area contributed by atoms with Crippen LogP contribution in [0, 0.1) is 5.92 Å². The summed E-state index contributed by atoms with van der Waals surface area (Å²) in [5, 5.41) is 0. The molecule has 0 amide bonds. The van der Waals surface area contributed by atoms with Crippen LogP contribution in [0.1, 0.15) is 23.7 Å². The lowest BCUT2D eigenvalue weighted by Crippen LogP contribution is -2.03. The monoisotopic (exact) mass is 235 g/mol. The van der Waals surface area contributed by atoms with Gasteiger partial charge in [0.1, 0.15) is 0 Å². The summed E-state index contributed by atoms with van der Waals surface area (Å²) >= 11 is 0. The van der Waals surface area contributed by atoms with Gasteiger partial charge in [-0.3, -0.25) is 4.98 Å². The van der Waals surface area contributed by atoms with Gasteiger partial charge in [-0.2, -0.15) is 0 Å². The summed E-state index contributed by atoms with van der Waals surface area (Å²) in [6.07, 6.45) is 6.34. The van der Waals surface area contributed by atoms with E-state index in [1.54, 1.807) is 0 Å². The first kappa shape index (κ1) is 11.2. The Morgan fingerprint density at radius 1 is 1.11 bits per heavy atom. The minimum atomic E-state index is 0.531. The second-order valence-electron chi connectivity index (χ2n) is 4.95. The molecular formula is C17H17N. The number of allylic oxidation sites excluding steroid dienone is 2. The van der Waals surface area contributed by atoms with Gasteiger partial charge in [0.2, 0.25) is 0 Å². The topological polar surface area (TPSA) is 12.9 Å². The Kier molecular flexibility index (Phi) is 2.97. The Morgan fingerprint density at radius 2 is 1.94 bits per heavy atom. The molecule has 1 nitrogen and oxygen atoms in total. The molecule has 1 heterocycles. The van der Waals surface area contributed by atoms with Gasteiger partial charge in [0.05, 0.1) is 0 Å². The zero-order chi connectivity index (χ0) is 12.4. The van der Waals surface area contributed by atoms with Crippen molar-refractivity contribution in [1.82, 2.24) is 4.98 Å². The molecular weight excluding hydrogens is 218 g/mol. The summed E-state index contributed by atoms with van der Waals surface area (Å²) in [4.78, 5) is 4.42. The van der Waals surface area contributed by atoms with Crippen LogP contribution in [0.15, 0.2) is 54.7 Å². The average Bonchev–Trinajstić information content (AvgIpc) is 2.84. The smallest absolute Gasteiger partial charge is 0.0409 e. The van der Waals surface area contributed by atoms with Crippen LogP contribution in [-0.2, 0) is 12.8 Å². The van der Waals surface area contributed by atoms with Gasteiger partial charge in [-0.25, -0.2) is 0 Å². The molecule has 0 bridgehead atoms. The molecule has 18 heavy (non-hydrogen) atoms. The highest BCUT2D eigenvalue weighted by molar-refractivity contribution is 5.74. The molecule has 0 fully saturated rings. The summed E-state index contributed by atoms with van der Waals surface area (Å²) in [5.74, 6) is 0.531. The molecule has 0 saturated carbocycles. The fraction of sp³-hybridized carbons (Fsp3) is 0.235. The quantitative estimate of drug-likeness (QED) is 0.786. The number of fused-ring (bicyclic) bond motifs is 1. The van der Waals surface area contributed by atoms with Crippen LogP contribution in [0.4, 0.5) is 0 Å². The van der Waals surface area contributed by atoms with Crippen molar-refractivity contribution in [2.75, 3.05) is 0 Å². The molecule has 1 aliphatic rings. The highest BCUT2D eigenvalue weighted by atomic mass is 14.7. The molecule has 1 aliphatic carbocycles. The van der Waals surface area contributed by atoms with Gasteiger partial charge in [0, 0.05) is 11.9 Å². The van der Waals surface area contributed by atoms with Crippen LogP contribution in [0.5, 0.6) is 0 Å². The number of hydrogen-bond acceptors (Lipinski definition) is 1. The number of nitrogens with zero attached hydrogens (tertiary/aromatic N) is 1. The van der Waals surface area contributed by atoms with E-state index in [0.717, 1.165) is 12.8 Å². The SMILES string of the molecule is CC(Cc1ccccn1)C1=CCc2ccccc21. The van der Waals surface area contributed by atoms with E-state index in [9.17, 15) is 0 Å². The fourth-order valence-corrected chi connectivity index (χ4v) is 2.72. The van der Waals surface area contributed by atoms with Crippen LogP contribution < -0.4 is 0 Å². The van der Waals surface area contributed by atoms with E-state index in [0.29, 0.717) is 5.92 Å². The van der Waals surface area contributed by atoms with Crippen molar-refractivity contribution >= 4 is 5.57 Å². The summed E-state index contributed by atoms with van der Waals surface area (Å²) in [5.41, 5.74) is 5.55. The molecule has 1 aromatic carbocycles. The maximum atomic E-state index is 4.42. The third-order valence-corrected chi connectivity index (χ3v) is 3.64. The molecule has 0 aliphatic heterocycles. The summed E-state index contributed by atoms with van der Waals surface area (Å²) in [6, 6.07) is 14.9. The molecule has 0 N–H and O–H groups in total. The van der Waals surface area contributed by atoms with E-state index < -0.39 is 0 Å². The Labute approximate surface area is 108 Å². The predicted molar refractivity (Wildman–Crippen MR) is 75.2 cm³/mol. The lowest BCUT2D eigenvalue weighted by atomic mass is 9.91. The number of rotatable bonds is 3. The first-order valence-corrected chi connectivity index (χ1v) is 6.53. The van der Waals surface area contributed by atoms with E-state index >= 15 is 0 Å². The highest BCUT2D eigenvalue weighted by Crippen LogP contribution is 2.33. The number of hydrogen-bond donors (Lipinski definition) is 0. The van der Waals surface area contributed by atoms with Crippen LogP contribution in [-0.4, -0.2) is 4.98 Å². The fourth-order valence-electron chi connectivity index (χ4n) is 2.72. The number of benzene rings is 1. The van der Waals surface area contributed by atoms with E-state index in [1.165, 1.54) is 22.4 Å². The van der Waals surface area contributed by atoms with E-state index in [1.807, 2.05) is 12.3 Å². The first-order chi connectivity index (χ1) is 8.84. The van der Waals surface area contributed by atoms with Crippen molar-refractivity contribution in [2.45, 2.75) is 19.8 Å². The third kappa shape index (κ3) is 2.08. The van der Waals surface area contributed by atoms with Crippen LogP contribution in [0.25, 0.3) is 5.57 Å². The van der Waals surface area contributed by atoms with Crippen molar-refractivity contribution in [2.24, 2.45) is 5.92 Å².